The Morgan fingerprint density at radius 1 is 1.36 bits per heavy atom. The zero-order valence-corrected chi connectivity index (χ0v) is 14.0. The van der Waals surface area contributed by atoms with Crippen LogP contribution in [0.25, 0.3) is 0 Å². The molecule has 1 unspecified atom stereocenters. The molecule has 116 valence electrons. The molecule has 0 radical (unpaired) electrons. The number of isothiocyanates is 1. The molecule has 2 saturated heterocycles. The fraction of sp³-hybridized carbons (Fsp3) is 0.467. The first kappa shape index (κ1) is 15.5. The van der Waals surface area contributed by atoms with Gasteiger partial charge in [-0.25, -0.2) is 0 Å². The fourth-order valence-corrected chi connectivity index (χ4v) is 3.94. The van der Waals surface area contributed by atoms with E-state index in [9.17, 15) is 4.79 Å². The SMILES string of the molecule is CC1C[N@@+](N=C=S)(c2ccc(N3CCSCC3)cc2)C(=O)O1. The van der Waals surface area contributed by atoms with Crippen LogP contribution in [0.1, 0.15) is 6.92 Å². The lowest BCUT2D eigenvalue weighted by atomic mass is 10.2. The smallest absolute Gasteiger partial charge is 0.409 e. The molecule has 2 atom stereocenters. The Kier molecular flexibility index (Phi) is 4.49. The third-order valence-electron chi connectivity index (χ3n) is 3.99. The van der Waals surface area contributed by atoms with E-state index >= 15 is 0 Å². The number of hydrogen-bond donors (Lipinski definition) is 0. The van der Waals surface area contributed by atoms with Gasteiger partial charge in [-0.15, -0.1) is 0 Å². The minimum Gasteiger partial charge on any atom is -0.409 e. The van der Waals surface area contributed by atoms with Crippen molar-refractivity contribution < 1.29 is 9.53 Å². The van der Waals surface area contributed by atoms with Crippen LogP contribution in [0.2, 0.25) is 0 Å². The van der Waals surface area contributed by atoms with Crippen molar-refractivity contribution >= 4 is 46.6 Å². The Hall–Kier alpha value is -1.40. The number of nitrogens with zero attached hydrogens (tertiary/aromatic N) is 3. The molecule has 5 nitrogen and oxygen atoms in total. The molecular formula is C15H18N3O2S2+. The first-order valence-electron chi connectivity index (χ1n) is 7.28. The van der Waals surface area contributed by atoms with Crippen LogP contribution >= 0.6 is 24.0 Å². The number of anilines is 1. The van der Waals surface area contributed by atoms with Crippen molar-refractivity contribution in [1.82, 2.24) is 4.59 Å². The van der Waals surface area contributed by atoms with Gasteiger partial charge in [-0.1, -0.05) is 4.59 Å². The summed E-state index contributed by atoms with van der Waals surface area (Å²) in [5.74, 6) is 2.31. The van der Waals surface area contributed by atoms with Gasteiger partial charge in [0.25, 0.3) is 0 Å². The number of quaternary nitrogens is 1. The Morgan fingerprint density at radius 2 is 2.05 bits per heavy atom. The molecule has 0 spiro atoms. The predicted molar refractivity (Wildman–Crippen MR) is 93.6 cm³/mol. The molecule has 0 aliphatic carbocycles. The highest BCUT2D eigenvalue weighted by atomic mass is 32.2. The van der Waals surface area contributed by atoms with E-state index < -0.39 is 6.09 Å². The number of thioether (sulfide) groups is 1. The monoisotopic (exact) mass is 336 g/mol. The molecule has 0 aromatic heterocycles. The zero-order valence-electron chi connectivity index (χ0n) is 12.4. The minimum atomic E-state index is -0.396. The summed E-state index contributed by atoms with van der Waals surface area (Å²) in [6.07, 6.45) is -0.578. The molecule has 7 heteroatoms. The van der Waals surface area contributed by atoms with Gasteiger partial charge in [0, 0.05) is 42.4 Å². The summed E-state index contributed by atoms with van der Waals surface area (Å²) in [4.78, 5) is 14.6. The molecule has 0 N–H and O–H groups in total. The van der Waals surface area contributed by atoms with E-state index in [1.165, 1.54) is 5.69 Å². The molecule has 2 aliphatic heterocycles. The zero-order chi connectivity index (χ0) is 15.6. The first-order valence-corrected chi connectivity index (χ1v) is 8.84. The number of hydrogen-bond acceptors (Lipinski definition) is 6. The number of rotatable bonds is 3. The number of carbonyl (C=O) groups excluding carboxylic acids is 1. The number of carbonyl (C=O) groups is 1. The van der Waals surface area contributed by atoms with Gasteiger partial charge in [0.2, 0.25) is 0 Å². The van der Waals surface area contributed by atoms with Crippen molar-refractivity contribution in [3.63, 3.8) is 0 Å². The molecule has 1 aromatic rings. The highest BCUT2D eigenvalue weighted by Gasteiger charge is 2.51. The van der Waals surface area contributed by atoms with E-state index in [1.54, 1.807) is 0 Å². The summed E-state index contributed by atoms with van der Waals surface area (Å²) in [6, 6.07) is 7.96. The van der Waals surface area contributed by atoms with Gasteiger partial charge in [0.05, 0.1) is 0 Å². The maximum absolute atomic E-state index is 12.2. The average Bonchev–Trinajstić information content (AvgIpc) is 2.83. The van der Waals surface area contributed by atoms with Crippen LogP contribution in [0.15, 0.2) is 29.4 Å². The molecule has 0 saturated carbocycles. The first-order chi connectivity index (χ1) is 10.7. The van der Waals surface area contributed by atoms with E-state index in [0.29, 0.717) is 6.54 Å². The molecule has 1 amide bonds. The van der Waals surface area contributed by atoms with Crippen molar-refractivity contribution in [2.75, 3.05) is 36.0 Å². The molecule has 2 heterocycles. The lowest BCUT2D eigenvalue weighted by Gasteiger charge is -2.29. The summed E-state index contributed by atoms with van der Waals surface area (Å²) < 4.78 is 5.02. The normalized spacial score (nSPS) is 28.1. The summed E-state index contributed by atoms with van der Waals surface area (Å²) >= 11 is 6.71. The second kappa shape index (κ2) is 6.38. The van der Waals surface area contributed by atoms with Crippen LogP contribution in [0.3, 0.4) is 0 Å². The second-order valence-electron chi connectivity index (χ2n) is 5.45. The van der Waals surface area contributed by atoms with E-state index in [2.05, 4.69) is 15.2 Å². The summed E-state index contributed by atoms with van der Waals surface area (Å²) in [7, 11) is 0. The van der Waals surface area contributed by atoms with Gasteiger partial charge in [-0.05, 0) is 36.4 Å². The number of benzene rings is 1. The van der Waals surface area contributed by atoms with Crippen molar-refractivity contribution in [1.29, 1.82) is 0 Å². The molecule has 2 aliphatic rings. The summed E-state index contributed by atoms with van der Waals surface area (Å²) in [5.41, 5.74) is 1.94. The van der Waals surface area contributed by atoms with Gasteiger partial charge in [-0.2, -0.15) is 16.6 Å². The number of cyclic esters (lactones) is 1. The Labute approximate surface area is 139 Å². The van der Waals surface area contributed by atoms with Crippen LogP contribution in [-0.4, -0.2) is 48.5 Å². The molecule has 3 rings (SSSR count). The minimum absolute atomic E-state index is 0.182. The quantitative estimate of drug-likeness (QED) is 0.482. The molecule has 22 heavy (non-hydrogen) atoms. The van der Waals surface area contributed by atoms with Gasteiger partial charge in [-0.3, -0.25) is 0 Å². The maximum Gasteiger partial charge on any atom is 0.550 e. The molecule has 1 aromatic carbocycles. The highest BCUT2D eigenvalue weighted by Crippen LogP contribution is 2.33. The van der Waals surface area contributed by atoms with Crippen LogP contribution < -0.4 is 9.49 Å². The van der Waals surface area contributed by atoms with Crippen LogP contribution in [0.4, 0.5) is 16.2 Å². The van der Waals surface area contributed by atoms with Crippen LogP contribution in [-0.2, 0) is 4.74 Å². The summed E-state index contributed by atoms with van der Waals surface area (Å²) in [5, 5.41) is 6.45. The van der Waals surface area contributed by atoms with Gasteiger partial charge in [0.1, 0.15) is 5.16 Å². The van der Waals surface area contributed by atoms with Crippen molar-refractivity contribution in [2.24, 2.45) is 5.10 Å². The lowest BCUT2D eigenvalue weighted by Crippen LogP contribution is -2.45. The van der Waals surface area contributed by atoms with E-state index in [-0.39, 0.29) is 10.7 Å². The number of ether oxygens (including phenoxy) is 1. The summed E-state index contributed by atoms with van der Waals surface area (Å²) in [6.45, 7) is 4.42. The van der Waals surface area contributed by atoms with Crippen LogP contribution in [0, 0.1) is 0 Å². The Balaban J connectivity index is 1.90. The average molecular weight is 336 g/mol. The third-order valence-corrected chi connectivity index (χ3v) is 5.01. The predicted octanol–water partition coefficient (Wildman–Crippen LogP) is 3.10. The third kappa shape index (κ3) is 2.77. The van der Waals surface area contributed by atoms with Gasteiger partial charge < -0.3 is 9.64 Å². The Morgan fingerprint density at radius 3 is 2.59 bits per heavy atom. The Bertz CT molecular complexity index is 610. The number of amides is 1. The molecular weight excluding hydrogens is 318 g/mol. The topological polar surface area (TPSA) is 41.9 Å². The van der Waals surface area contributed by atoms with Crippen LogP contribution in [0.5, 0.6) is 0 Å². The highest BCUT2D eigenvalue weighted by molar-refractivity contribution is 7.99. The number of thiocarbonyl (C=S) groups is 1. The van der Waals surface area contributed by atoms with Gasteiger partial charge in [0.15, 0.2) is 18.3 Å². The van der Waals surface area contributed by atoms with E-state index in [1.807, 2.05) is 43.0 Å². The van der Waals surface area contributed by atoms with Gasteiger partial charge >= 0.3 is 6.09 Å². The van der Waals surface area contributed by atoms with Crippen molar-refractivity contribution in [3.8, 4) is 0 Å². The van der Waals surface area contributed by atoms with E-state index in [4.69, 9.17) is 17.0 Å². The van der Waals surface area contributed by atoms with E-state index in [0.717, 1.165) is 30.3 Å². The fourth-order valence-electron chi connectivity index (χ4n) is 2.89. The standard InChI is InChI=1S/C15H18N3O2S2/c1-12-10-18(16-11-21,15(19)20-12)14-4-2-13(3-5-14)17-6-8-22-9-7-17/h2-5,12H,6-10H2,1H3/q+1/t12?,18-/m1/s1. The maximum atomic E-state index is 12.2. The molecule has 2 fully saturated rings. The largest absolute Gasteiger partial charge is 0.550 e. The molecule has 0 bridgehead atoms. The second-order valence-corrected chi connectivity index (χ2v) is 6.86. The van der Waals surface area contributed by atoms with Crippen molar-refractivity contribution in [3.05, 3.63) is 24.3 Å². The lowest BCUT2D eigenvalue weighted by molar-refractivity contribution is 0.139. The van der Waals surface area contributed by atoms with Crippen molar-refractivity contribution in [2.45, 2.75) is 13.0 Å².